The minimum atomic E-state index is -0.401. The molecular formula is C21H23NO3. The maximum Gasteiger partial charge on any atom is 0.343 e. The molecule has 2 rings (SSSR count). The van der Waals surface area contributed by atoms with E-state index in [0.29, 0.717) is 30.8 Å². The number of nitrogens with zero attached hydrogens (tertiary/aromatic N) is 1. The maximum atomic E-state index is 12.2. The summed E-state index contributed by atoms with van der Waals surface area (Å²) in [7, 11) is 0. The Labute approximate surface area is 149 Å². The molecule has 2 aromatic carbocycles. The Kier molecular flexibility index (Phi) is 7.52. The Hall–Kier alpha value is -2.80. The van der Waals surface area contributed by atoms with Crippen LogP contribution in [0.25, 0.3) is 0 Å². The molecule has 0 fully saturated rings. The topological polar surface area (TPSA) is 59.3 Å². The number of hydrogen-bond donors (Lipinski definition) is 0. The predicted octanol–water partition coefficient (Wildman–Crippen LogP) is 4.93. The lowest BCUT2D eigenvalue weighted by Crippen LogP contribution is -2.08. The lowest BCUT2D eigenvalue weighted by molar-refractivity contribution is 0.0734. The minimum Gasteiger partial charge on any atom is -0.494 e. The third kappa shape index (κ3) is 6.31. The number of aryl methyl sites for hydroxylation is 1. The summed E-state index contributed by atoms with van der Waals surface area (Å²) in [5.41, 5.74) is 1.53. The predicted molar refractivity (Wildman–Crippen MR) is 96.8 cm³/mol. The highest BCUT2D eigenvalue weighted by atomic mass is 16.5. The van der Waals surface area contributed by atoms with Gasteiger partial charge in [0, 0.05) is 6.42 Å². The molecule has 0 saturated heterocycles. The van der Waals surface area contributed by atoms with Crippen LogP contribution in [0.4, 0.5) is 0 Å². The summed E-state index contributed by atoms with van der Waals surface area (Å²) in [6, 6.07) is 16.3. The molecule has 0 bridgehead atoms. The zero-order chi connectivity index (χ0) is 17.9. The van der Waals surface area contributed by atoms with Crippen LogP contribution in [-0.4, -0.2) is 12.6 Å². The second kappa shape index (κ2) is 10.1. The Balaban J connectivity index is 1.86. The fourth-order valence-electron chi connectivity index (χ4n) is 2.32. The zero-order valence-electron chi connectivity index (χ0n) is 14.5. The molecule has 0 saturated carbocycles. The van der Waals surface area contributed by atoms with E-state index in [4.69, 9.17) is 14.7 Å². The number of rotatable bonds is 9. The zero-order valence-corrected chi connectivity index (χ0v) is 14.5. The number of nitriles is 1. The number of ether oxygens (including phenoxy) is 2. The summed E-state index contributed by atoms with van der Waals surface area (Å²) in [5.74, 6) is 0.849. The number of esters is 1. The smallest absolute Gasteiger partial charge is 0.343 e. The van der Waals surface area contributed by atoms with E-state index in [1.165, 1.54) is 0 Å². The molecule has 0 aliphatic heterocycles. The third-order valence-electron chi connectivity index (χ3n) is 3.77. The van der Waals surface area contributed by atoms with Crippen molar-refractivity contribution in [2.24, 2.45) is 0 Å². The van der Waals surface area contributed by atoms with Gasteiger partial charge >= 0.3 is 5.97 Å². The fraction of sp³-hybridized carbons (Fsp3) is 0.333. The van der Waals surface area contributed by atoms with E-state index in [2.05, 4.69) is 13.0 Å². The SMILES string of the molecule is CCCCCOc1ccc(C(=O)Oc2ccc(CCC#N)cc2)cc1. The van der Waals surface area contributed by atoms with Gasteiger partial charge in [0.05, 0.1) is 18.2 Å². The summed E-state index contributed by atoms with van der Waals surface area (Å²) in [5, 5.41) is 8.59. The van der Waals surface area contributed by atoms with Crippen LogP contribution in [0.3, 0.4) is 0 Å². The number of carbonyl (C=O) groups is 1. The Morgan fingerprint density at radius 3 is 2.32 bits per heavy atom. The van der Waals surface area contributed by atoms with Gasteiger partial charge < -0.3 is 9.47 Å². The molecule has 25 heavy (non-hydrogen) atoms. The lowest BCUT2D eigenvalue weighted by Gasteiger charge is -2.08. The third-order valence-corrected chi connectivity index (χ3v) is 3.77. The molecule has 0 radical (unpaired) electrons. The molecule has 0 aliphatic carbocycles. The van der Waals surface area contributed by atoms with E-state index >= 15 is 0 Å². The highest BCUT2D eigenvalue weighted by Gasteiger charge is 2.09. The highest BCUT2D eigenvalue weighted by molar-refractivity contribution is 5.91. The molecule has 4 nitrogen and oxygen atoms in total. The number of carbonyl (C=O) groups excluding carboxylic acids is 1. The number of benzene rings is 2. The lowest BCUT2D eigenvalue weighted by atomic mass is 10.1. The number of hydrogen-bond acceptors (Lipinski definition) is 4. The molecule has 2 aromatic rings. The standard InChI is InChI=1S/C21H23NO3/c1-2-3-4-16-24-19-13-9-18(10-14-19)21(23)25-20-11-7-17(8-12-20)6-5-15-22/h7-14H,2-6,16H2,1H3. The molecule has 0 atom stereocenters. The summed E-state index contributed by atoms with van der Waals surface area (Å²) in [6.45, 7) is 2.84. The molecular weight excluding hydrogens is 314 g/mol. The van der Waals surface area contributed by atoms with Crippen LogP contribution in [0.5, 0.6) is 11.5 Å². The van der Waals surface area contributed by atoms with E-state index in [0.717, 1.165) is 30.6 Å². The molecule has 0 aromatic heterocycles. The van der Waals surface area contributed by atoms with Gasteiger partial charge in [-0.1, -0.05) is 31.9 Å². The van der Waals surface area contributed by atoms with Crippen molar-refractivity contribution in [3.05, 3.63) is 59.7 Å². The molecule has 130 valence electrons. The quantitative estimate of drug-likeness (QED) is 0.370. The Bertz CT molecular complexity index is 699. The van der Waals surface area contributed by atoms with Crippen molar-refractivity contribution >= 4 is 5.97 Å². The van der Waals surface area contributed by atoms with E-state index in [1.54, 1.807) is 36.4 Å². The van der Waals surface area contributed by atoms with Gasteiger partial charge in [0.25, 0.3) is 0 Å². The van der Waals surface area contributed by atoms with E-state index in [-0.39, 0.29) is 0 Å². The molecule has 0 aliphatic rings. The van der Waals surface area contributed by atoms with Crippen LogP contribution < -0.4 is 9.47 Å². The van der Waals surface area contributed by atoms with Gasteiger partial charge in [-0.25, -0.2) is 4.79 Å². The first kappa shape index (κ1) is 18.5. The summed E-state index contributed by atoms with van der Waals surface area (Å²) < 4.78 is 11.0. The van der Waals surface area contributed by atoms with Crippen molar-refractivity contribution < 1.29 is 14.3 Å². The molecule has 4 heteroatoms. The largest absolute Gasteiger partial charge is 0.494 e. The first-order valence-electron chi connectivity index (χ1n) is 8.64. The molecule has 0 unspecified atom stereocenters. The molecule has 0 N–H and O–H groups in total. The Morgan fingerprint density at radius 2 is 1.68 bits per heavy atom. The minimum absolute atomic E-state index is 0.401. The van der Waals surface area contributed by atoms with E-state index in [9.17, 15) is 4.79 Å². The first-order valence-corrected chi connectivity index (χ1v) is 8.64. The van der Waals surface area contributed by atoms with Crippen molar-refractivity contribution in [1.82, 2.24) is 0 Å². The molecule has 0 amide bonds. The second-order valence-corrected chi connectivity index (χ2v) is 5.77. The van der Waals surface area contributed by atoms with Crippen LogP contribution in [-0.2, 0) is 6.42 Å². The number of unbranched alkanes of at least 4 members (excludes halogenated alkanes) is 2. The van der Waals surface area contributed by atoms with Gasteiger partial charge in [0.2, 0.25) is 0 Å². The first-order chi connectivity index (χ1) is 12.2. The maximum absolute atomic E-state index is 12.2. The monoisotopic (exact) mass is 337 g/mol. The van der Waals surface area contributed by atoms with Crippen LogP contribution in [0.2, 0.25) is 0 Å². The van der Waals surface area contributed by atoms with Gasteiger partial charge in [-0.15, -0.1) is 0 Å². The highest BCUT2D eigenvalue weighted by Crippen LogP contribution is 2.17. The van der Waals surface area contributed by atoms with Gasteiger partial charge in [-0.3, -0.25) is 0 Å². The van der Waals surface area contributed by atoms with Crippen molar-refractivity contribution in [1.29, 1.82) is 5.26 Å². The van der Waals surface area contributed by atoms with E-state index < -0.39 is 5.97 Å². The normalized spacial score (nSPS) is 10.1. The Morgan fingerprint density at radius 1 is 1.00 bits per heavy atom. The van der Waals surface area contributed by atoms with Crippen LogP contribution in [0, 0.1) is 11.3 Å². The average Bonchev–Trinajstić information content (AvgIpc) is 2.65. The summed E-state index contributed by atoms with van der Waals surface area (Å²) in [6.07, 6.45) is 4.52. The van der Waals surface area contributed by atoms with Crippen molar-refractivity contribution in [2.75, 3.05) is 6.61 Å². The van der Waals surface area contributed by atoms with Crippen LogP contribution in [0.1, 0.15) is 48.5 Å². The van der Waals surface area contributed by atoms with Crippen LogP contribution >= 0.6 is 0 Å². The van der Waals surface area contributed by atoms with Crippen molar-refractivity contribution in [3.8, 4) is 17.6 Å². The van der Waals surface area contributed by atoms with Crippen LogP contribution in [0.15, 0.2) is 48.5 Å². The summed E-state index contributed by atoms with van der Waals surface area (Å²) in [4.78, 5) is 12.2. The van der Waals surface area contributed by atoms with Gasteiger partial charge in [-0.05, 0) is 54.8 Å². The van der Waals surface area contributed by atoms with Crippen molar-refractivity contribution in [2.45, 2.75) is 39.0 Å². The fourth-order valence-corrected chi connectivity index (χ4v) is 2.32. The van der Waals surface area contributed by atoms with E-state index in [1.807, 2.05) is 12.1 Å². The van der Waals surface area contributed by atoms with Gasteiger partial charge in [0.15, 0.2) is 0 Å². The van der Waals surface area contributed by atoms with Gasteiger partial charge in [-0.2, -0.15) is 5.26 Å². The summed E-state index contributed by atoms with van der Waals surface area (Å²) >= 11 is 0. The molecule has 0 spiro atoms. The molecule has 0 heterocycles. The van der Waals surface area contributed by atoms with Gasteiger partial charge in [0.1, 0.15) is 11.5 Å². The average molecular weight is 337 g/mol. The second-order valence-electron chi connectivity index (χ2n) is 5.77. The van der Waals surface area contributed by atoms with Crippen molar-refractivity contribution in [3.63, 3.8) is 0 Å².